The maximum Gasteiger partial charge on any atom is 0.389 e. The predicted molar refractivity (Wildman–Crippen MR) is 64.4 cm³/mol. The van der Waals surface area contributed by atoms with Crippen molar-refractivity contribution >= 4 is 5.78 Å². The molecule has 0 radical (unpaired) electrons. The Labute approximate surface area is 107 Å². The van der Waals surface area contributed by atoms with Gasteiger partial charge in [-0.25, -0.2) is 0 Å². The summed E-state index contributed by atoms with van der Waals surface area (Å²) in [4.78, 5) is 14.1. The molecule has 1 fully saturated rings. The molecule has 2 nitrogen and oxygen atoms in total. The quantitative estimate of drug-likeness (QED) is 0.757. The molecule has 0 aromatic heterocycles. The number of alkyl halides is 3. The molecule has 0 aromatic carbocycles. The first-order valence-corrected chi connectivity index (χ1v) is 6.58. The average molecular weight is 265 g/mol. The number of hydrogen-bond donors (Lipinski definition) is 0. The highest BCUT2D eigenvalue weighted by Gasteiger charge is 2.35. The van der Waals surface area contributed by atoms with Crippen molar-refractivity contribution in [3.63, 3.8) is 0 Å². The van der Waals surface area contributed by atoms with E-state index >= 15 is 0 Å². The number of ketones is 1. The van der Waals surface area contributed by atoms with E-state index in [1.165, 1.54) is 6.42 Å². The van der Waals surface area contributed by atoms with Gasteiger partial charge in [-0.2, -0.15) is 13.2 Å². The van der Waals surface area contributed by atoms with Gasteiger partial charge in [0, 0.05) is 12.8 Å². The monoisotopic (exact) mass is 265 g/mol. The molecular weight excluding hydrogens is 243 g/mol. The molecule has 1 aliphatic rings. The van der Waals surface area contributed by atoms with Gasteiger partial charge in [0.15, 0.2) is 5.78 Å². The Bertz CT molecular complexity index is 280. The highest BCUT2D eigenvalue weighted by molar-refractivity contribution is 5.87. The van der Waals surface area contributed by atoms with Crippen LogP contribution >= 0.6 is 0 Å². The van der Waals surface area contributed by atoms with E-state index in [4.69, 9.17) is 0 Å². The first-order chi connectivity index (χ1) is 8.23. The number of rotatable bonds is 5. The van der Waals surface area contributed by atoms with Crippen molar-refractivity contribution in [1.29, 1.82) is 0 Å². The van der Waals surface area contributed by atoms with Crippen molar-refractivity contribution < 1.29 is 18.0 Å². The summed E-state index contributed by atoms with van der Waals surface area (Å²) in [6.07, 6.45) is -1.79. The Kier molecular flexibility index (Phi) is 5.20. The minimum absolute atomic E-state index is 0.0169. The Morgan fingerprint density at radius 2 is 1.67 bits per heavy atom. The summed E-state index contributed by atoms with van der Waals surface area (Å²) in [5.74, 6) is -0.0753. The Morgan fingerprint density at radius 1 is 1.11 bits per heavy atom. The van der Waals surface area contributed by atoms with E-state index in [1.807, 2.05) is 13.8 Å². The van der Waals surface area contributed by atoms with Crippen LogP contribution in [0.3, 0.4) is 0 Å². The normalized spacial score (nSPS) is 18.9. The lowest BCUT2D eigenvalue weighted by Crippen LogP contribution is -2.52. The van der Waals surface area contributed by atoms with Crippen LogP contribution in [0.5, 0.6) is 0 Å². The third-order valence-corrected chi connectivity index (χ3v) is 3.69. The zero-order chi connectivity index (χ0) is 13.8. The van der Waals surface area contributed by atoms with Crippen LogP contribution in [-0.4, -0.2) is 35.5 Å². The third-order valence-electron chi connectivity index (χ3n) is 3.69. The molecule has 18 heavy (non-hydrogen) atoms. The molecule has 0 atom stereocenters. The minimum atomic E-state index is -4.16. The summed E-state index contributed by atoms with van der Waals surface area (Å²) in [5.41, 5.74) is -0.619. The number of carbonyl (C=O) groups excluding carboxylic acids is 1. The number of Topliss-reactive ketones (excluding diaryl/α,β-unsaturated/α-hetero) is 1. The fraction of sp³-hybridized carbons (Fsp3) is 0.923. The Morgan fingerprint density at radius 3 is 2.17 bits per heavy atom. The summed E-state index contributed by atoms with van der Waals surface area (Å²) < 4.78 is 36.1. The van der Waals surface area contributed by atoms with Crippen LogP contribution in [0.25, 0.3) is 0 Å². The van der Waals surface area contributed by atoms with E-state index in [9.17, 15) is 18.0 Å². The van der Waals surface area contributed by atoms with Crippen molar-refractivity contribution in [2.75, 3.05) is 13.1 Å². The van der Waals surface area contributed by atoms with Gasteiger partial charge in [0.2, 0.25) is 0 Å². The summed E-state index contributed by atoms with van der Waals surface area (Å²) in [6.45, 7) is 5.40. The van der Waals surface area contributed by atoms with Gasteiger partial charge in [-0.1, -0.05) is 6.42 Å². The zero-order valence-electron chi connectivity index (χ0n) is 11.1. The Balaban J connectivity index is 2.43. The highest BCUT2D eigenvalue weighted by atomic mass is 19.4. The van der Waals surface area contributed by atoms with Gasteiger partial charge in [0.25, 0.3) is 0 Å². The lowest BCUT2D eigenvalue weighted by Gasteiger charge is -2.39. The van der Waals surface area contributed by atoms with Crippen LogP contribution in [0.2, 0.25) is 0 Å². The predicted octanol–water partition coefficient (Wildman–Crippen LogP) is 3.55. The van der Waals surface area contributed by atoms with Crippen LogP contribution in [0.15, 0.2) is 0 Å². The van der Waals surface area contributed by atoms with Crippen molar-refractivity contribution in [2.24, 2.45) is 0 Å². The van der Waals surface area contributed by atoms with Crippen LogP contribution in [0.4, 0.5) is 13.2 Å². The second-order valence-corrected chi connectivity index (χ2v) is 5.50. The maximum absolute atomic E-state index is 12.0. The van der Waals surface area contributed by atoms with E-state index in [0.29, 0.717) is 0 Å². The van der Waals surface area contributed by atoms with Crippen molar-refractivity contribution in [2.45, 2.75) is 64.1 Å². The summed E-state index contributed by atoms with van der Waals surface area (Å²) in [5, 5.41) is 0. The largest absolute Gasteiger partial charge is 0.389 e. The number of halogens is 3. The fourth-order valence-corrected chi connectivity index (χ4v) is 2.38. The average Bonchev–Trinajstić information content (AvgIpc) is 2.28. The number of piperidine rings is 1. The molecule has 1 heterocycles. The summed E-state index contributed by atoms with van der Waals surface area (Å²) >= 11 is 0. The molecular formula is C13H22F3NO. The molecule has 1 saturated heterocycles. The molecule has 1 aliphatic heterocycles. The van der Waals surface area contributed by atoms with Crippen molar-refractivity contribution in [3.8, 4) is 0 Å². The van der Waals surface area contributed by atoms with E-state index in [-0.39, 0.29) is 18.6 Å². The smallest absolute Gasteiger partial charge is 0.298 e. The molecule has 0 spiro atoms. The molecule has 0 aromatic rings. The molecule has 0 aliphatic carbocycles. The second-order valence-electron chi connectivity index (χ2n) is 5.50. The van der Waals surface area contributed by atoms with Gasteiger partial charge in [-0.3, -0.25) is 9.69 Å². The van der Waals surface area contributed by atoms with Crippen LogP contribution in [-0.2, 0) is 4.79 Å². The molecule has 0 unspecified atom stereocenters. The van der Waals surface area contributed by atoms with E-state index in [1.54, 1.807) is 0 Å². The zero-order valence-corrected chi connectivity index (χ0v) is 11.1. The second kappa shape index (κ2) is 6.04. The van der Waals surface area contributed by atoms with Gasteiger partial charge < -0.3 is 0 Å². The summed E-state index contributed by atoms with van der Waals surface area (Å²) in [7, 11) is 0. The van der Waals surface area contributed by atoms with Gasteiger partial charge in [0.1, 0.15) is 0 Å². The van der Waals surface area contributed by atoms with Crippen LogP contribution < -0.4 is 0 Å². The maximum atomic E-state index is 12.0. The standard InChI is InChI=1S/C13H22F3NO/c1-12(2,17-9-4-3-5-10-17)11(18)7-6-8-13(14,15)16/h3-10H2,1-2H3. The molecule has 0 N–H and O–H groups in total. The van der Waals surface area contributed by atoms with Crippen molar-refractivity contribution in [3.05, 3.63) is 0 Å². The molecule has 0 saturated carbocycles. The van der Waals surface area contributed by atoms with E-state index in [2.05, 4.69) is 4.90 Å². The van der Waals surface area contributed by atoms with Crippen LogP contribution in [0.1, 0.15) is 52.4 Å². The third kappa shape index (κ3) is 4.59. The van der Waals surface area contributed by atoms with Gasteiger partial charge in [-0.05, 0) is 46.2 Å². The van der Waals surface area contributed by atoms with Gasteiger partial charge in [-0.15, -0.1) is 0 Å². The van der Waals surface area contributed by atoms with Crippen LogP contribution in [0, 0.1) is 0 Å². The highest BCUT2D eigenvalue weighted by Crippen LogP contribution is 2.26. The summed E-state index contributed by atoms with van der Waals surface area (Å²) in [6, 6.07) is 0. The molecule has 106 valence electrons. The van der Waals surface area contributed by atoms with Gasteiger partial charge in [0.05, 0.1) is 5.54 Å². The molecule has 5 heteroatoms. The molecule has 0 bridgehead atoms. The van der Waals surface area contributed by atoms with Crippen molar-refractivity contribution in [1.82, 2.24) is 4.90 Å². The fourth-order valence-electron chi connectivity index (χ4n) is 2.38. The van der Waals surface area contributed by atoms with E-state index < -0.39 is 18.1 Å². The number of nitrogens with zero attached hydrogens (tertiary/aromatic N) is 1. The lowest BCUT2D eigenvalue weighted by atomic mass is 9.91. The SMILES string of the molecule is CC(C)(C(=O)CCCC(F)(F)F)N1CCCCC1. The van der Waals surface area contributed by atoms with Gasteiger partial charge >= 0.3 is 6.18 Å². The van der Waals surface area contributed by atoms with E-state index in [0.717, 1.165) is 25.9 Å². The molecule has 1 rings (SSSR count). The Hall–Kier alpha value is -0.580. The molecule has 0 amide bonds. The number of carbonyl (C=O) groups is 1. The first-order valence-electron chi connectivity index (χ1n) is 6.58. The number of likely N-dealkylation sites (tertiary alicyclic amines) is 1. The topological polar surface area (TPSA) is 20.3 Å². The number of hydrogen-bond acceptors (Lipinski definition) is 2. The lowest BCUT2D eigenvalue weighted by molar-refractivity contribution is -0.139. The minimum Gasteiger partial charge on any atom is -0.298 e. The first kappa shape index (κ1) is 15.5.